The molecule has 0 saturated heterocycles. The molecule has 0 unspecified atom stereocenters. The lowest BCUT2D eigenvalue weighted by Gasteiger charge is -2.19. The fraction of sp³-hybridized carbons (Fsp3) is 0.364. The predicted molar refractivity (Wildman–Crippen MR) is 157 cm³/mol. The summed E-state index contributed by atoms with van der Waals surface area (Å²) in [7, 11) is 1.33. The molecule has 0 aliphatic carbocycles. The highest BCUT2D eigenvalue weighted by molar-refractivity contribution is 5.84. The molecule has 0 aromatic heterocycles. The third-order valence-electron chi connectivity index (χ3n) is 6.69. The predicted octanol–water partition coefficient (Wildman–Crippen LogP) is 5.85. The summed E-state index contributed by atoms with van der Waals surface area (Å²) < 4.78 is 10.0. The number of ether oxygens (including phenoxy) is 2. The summed E-state index contributed by atoms with van der Waals surface area (Å²) >= 11 is 0. The lowest BCUT2D eigenvalue weighted by molar-refractivity contribution is -0.146. The molecule has 0 saturated carbocycles. The highest BCUT2D eigenvalue weighted by Gasteiger charge is 2.24. The van der Waals surface area contributed by atoms with Gasteiger partial charge in [0.2, 0.25) is 5.91 Å². The first-order valence-corrected chi connectivity index (χ1v) is 13.9. The summed E-state index contributed by atoms with van der Waals surface area (Å²) in [6, 6.07) is 25.7. The number of hydrogen-bond acceptors (Lipinski definition) is 5. The van der Waals surface area contributed by atoms with Crippen molar-refractivity contribution in [3.63, 3.8) is 0 Å². The lowest BCUT2D eigenvalue weighted by atomic mass is 9.99. The van der Waals surface area contributed by atoms with Crippen molar-refractivity contribution in [2.45, 2.75) is 58.6 Å². The van der Waals surface area contributed by atoms with Gasteiger partial charge in [0.25, 0.3) is 0 Å². The zero-order valence-corrected chi connectivity index (χ0v) is 23.7. The van der Waals surface area contributed by atoms with Gasteiger partial charge in [-0.15, -0.1) is 0 Å². The maximum Gasteiger partial charge on any atom is 0.407 e. The van der Waals surface area contributed by atoms with Crippen molar-refractivity contribution in [1.82, 2.24) is 10.6 Å². The molecule has 0 aliphatic heterocycles. The van der Waals surface area contributed by atoms with E-state index in [4.69, 9.17) is 9.47 Å². The molecule has 3 rings (SSSR count). The van der Waals surface area contributed by atoms with E-state index in [9.17, 15) is 14.4 Å². The van der Waals surface area contributed by atoms with Gasteiger partial charge < -0.3 is 20.1 Å². The average Bonchev–Trinajstić information content (AvgIpc) is 2.98. The standard InChI is InChI=1S/C33H40N2O5/c1-24(2)31(32(37)39-3)35-30(36)21-16-26-14-19-29(20-15-26)28-17-12-25(13-18-28)9-7-8-22-34-33(38)40-23-27-10-5-4-6-11-27/h4-6,10-15,17-20,24,31H,7-9,16,21-23H2,1-3H3,(H,34,38)(H,35,36)/t31-/m0/s1. The van der Waals surface area contributed by atoms with E-state index in [2.05, 4.69) is 47.0 Å². The Kier molecular flexibility index (Phi) is 12.2. The second-order valence-corrected chi connectivity index (χ2v) is 10.2. The van der Waals surface area contributed by atoms with Crippen LogP contribution in [0.15, 0.2) is 78.9 Å². The van der Waals surface area contributed by atoms with E-state index < -0.39 is 12.0 Å². The van der Waals surface area contributed by atoms with Gasteiger partial charge in [0.15, 0.2) is 0 Å². The quantitative estimate of drug-likeness (QED) is 0.196. The van der Waals surface area contributed by atoms with Gasteiger partial charge in [-0.1, -0.05) is 92.7 Å². The number of amides is 2. The number of aryl methyl sites for hydroxylation is 2. The molecule has 0 bridgehead atoms. The van der Waals surface area contributed by atoms with Gasteiger partial charge in [-0.3, -0.25) is 4.79 Å². The number of carbonyl (C=O) groups is 3. The van der Waals surface area contributed by atoms with E-state index in [0.717, 1.165) is 41.5 Å². The maximum absolute atomic E-state index is 12.3. The van der Waals surface area contributed by atoms with E-state index in [1.165, 1.54) is 12.7 Å². The molecule has 3 aromatic rings. The molecule has 0 fully saturated rings. The Morgan fingerprint density at radius 3 is 1.93 bits per heavy atom. The summed E-state index contributed by atoms with van der Waals surface area (Å²) in [5, 5.41) is 5.59. The number of nitrogens with one attached hydrogen (secondary N) is 2. The third-order valence-corrected chi connectivity index (χ3v) is 6.69. The van der Waals surface area contributed by atoms with E-state index >= 15 is 0 Å². The summed E-state index contributed by atoms with van der Waals surface area (Å²) in [6.07, 6.45) is 3.30. The van der Waals surface area contributed by atoms with E-state index in [0.29, 0.717) is 19.4 Å². The van der Waals surface area contributed by atoms with Crippen LogP contribution in [0.25, 0.3) is 11.1 Å². The highest BCUT2D eigenvalue weighted by atomic mass is 16.5. The highest BCUT2D eigenvalue weighted by Crippen LogP contribution is 2.21. The zero-order chi connectivity index (χ0) is 28.7. The molecule has 212 valence electrons. The molecule has 1 atom stereocenters. The lowest BCUT2D eigenvalue weighted by Crippen LogP contribution is -2.45. The average molecular weight is 545 g/mol. The minimum atomic E-state index is -0.631. The molecular formula is C33H40N2O5. The maximum atomic E-state index is 12.3. The number of methoxy groups -OCH3 is 1. The van der Waals surface area contributed by atoms with Gasteiger partial charge in [-0.25, -0.2) is 9.59 Å². The normalized spacial score (nSPS) is 11.5. The molecule has 7 nitrogen and oxygen atoms in total. The SMILES string of the molecule is COC(=O)[C@@H](NC(=O)CCc1ccc(-c2ccc(CCCCNC(=O)OCc3ccccc3)cc2)cc1)C(C)C. The van der Waals surface area contributed by atoms with Crippen LogP contribution in [0.3, 0.4) is 0 Å². The van der Waals surface area contributed by atoms with Crippen molar-refractivity contribution in [3.05, 3.63) is 95.6 Å². The smallest absolute Gasteiger partial charge is 0.407 e. The number of carbonyl (C=O) groups excluding carboxylic acids is 3. The number of benzene rings is 3. The van der Waals surface area contributed by atoms with Gasteiger partial charge in [0, 0.05) is 13.0 Å². The Hall–Kier alpha value is -4.13. The van der Waals surface area contributed by atoms with E-state index in [1.807, 2.05) is 56.3 Å². The Labute approximate surface area is 237 Å². The van der Waals surface area contributed by atoms with Gasteiger partial charge >= 0.3 is 12.1 Å². The van der Waals surface area contributed by atoms with Crippen molar-refractivity contribution in [2.24, 2.45) is 5.92 Å². The largest absolute Gasteiger partial charge is 0.467 e. The number of esters is 1. The number of unbranched alkanes of at least 4 members (excludes halogenated alkanes) is 1. The number of alkyl carbamates (subject to hydrolysis) is 1. The van der Waals surface area contributed by atoms with Gasteiger partial charge in [0.1, 0.15) is 12.6 Å². The molecule has 0 heterocycles. The molecule has 0 spiro atoms. The molecule has 2 N–H and O–H groups in total. The molecule has 40 heavy (non-hydrogen) atoms. The van der Waals surface area contributed by atoms with Crippen molar-refractivity contribution in [3.8, 4) is 11.1 Å². The van der Waals surface area contributed by atoms with E-state index in [-0.39, 0.29) is 24.5 Å². The van der Waals surface area contributed by atoms with Crippen LogP contribution in [0.5, 0.6) is 0 Å². The van der Waals surface area contributed by atoms with Crippen LogP contribution in [0.2, 0.25) is 0 Å². The minimum Gasteiger partial charge on any atom is -0.467 e. The topological polar surface area (TPSA) is 93.7 Å². The van der Waals surface area contributed by atoms with Crippen LogP contribution in [0, 0.1) is 5.92 Å². The summed E-state index contributed by atoms with van der Waals surface area (Å²) in [6.45, 7) is 4.61. The molecule has 7 heteroatoms. The molecule has 0 radical (unpaired) electrons. The number of hydrogen-bond donors (Lipinski definition) is 2. The van der Waals surface area contributed by atoms with Crippen molar-refractivity contribution >= 4 is 18.0 Å². The minimum absolute atomic E-state index is 0.0415. The summed E-state index contributed by atoms with van der Waals surface area (Å²) in [5.41, 5.74) is 5.53. The van der Waals surface area contributed by atoms with Crippen molar-refractivity contribution < 1.29 is 23.9 Å². The number of rotatable bonds is 14. The monoisotopic (exact) mass is 544 g/mol. The van der Waals surface area contributed by atoms with Gasteiger partial charge in [0.05, 0.1) is 7.11 Å². The van der Waals surface area contributed by atoms with E-state index in [1.54, 1.807) is 0 Å². The zero-order valence-electron chi connectivity index (χ0n) is 23.7. The van der Waals surface area contributed by atoms with Crippen LogP contribution in [0.4, 0.5) is 4.79 Å². The molecular weight excluding hydrogens is 504 g/mol. The Morgan fingerprint density at radius 2 is 1.35 bits per heavy atom. The molecule has 3 aromatic carbocycles. The summed E-state index contributed by atoms with van der Waals surface area (Å²) in [5.74, 6) is -0.629. The van der Waals surface area contributed by atoms with Crippen molar-refractivity contribution in [2.75, 3.05) is 13.7 Å². The van der Waals surface area contributed by atoms with Gasteiger partial charge in [-0.05, 0) is 59.4 Å². The van der Waals surface area contributed by atoms with Crippen molar-refractivity contribution in [1.29, 1.82) is 0 Å². The van der Waals surface area contributed by atoms with Crippen LogP contribution in [0.1, 0.15) is 49.8 Å². The van der Waals surface area contributed by atoms with Crippen LogP contribution in [-0.4, -0.2) is 37.7 Å². The first-order valence-electron chi connectivity index (χ1n) is 13.9. The first-order chi connectivity index (χ1) is 19.4. The second kappa shape index (κ2) is 16.1. The second-order valence-electron chi connectivity index (χ2n) is 10.2. The Morgan fingerprint density at radius 1 is 0.750 bits per heavy atom. The molecule has 2 amide bonds. The van der Waals surface area contributed by atoms with Crippen LogP contribution >= 0.6 is 0 Å². The fourth-order valence-corrected chi connectivity index (χ4v) is 4.27. The third kappa shape index (κ3) is 10.2. The fourth-order valence-electron chi connectivity index (χ4n) is 4.27. The van der Waals surface area contributed by atoms with Gasteiger partial charge in [-0.2, -0.15) is 0 Å². The van der Waals surface area contributed by atoms with Crippen LogP contribution in [-0.2, 0) is 38.5 Å². The first kappa shape index (κ1) is 30.4. The Balaban J connectivity index is 1.35. The Bertz CT molecular complexity index is 1210. The molecule has 0 aliphatic rings. The van der Waals surface area contributed by atoms with Crippen LogP contribution < -0.4 is 10.6 Å². The summed E-state index contributed by atoms with van der Waals surface area (Å²) in [4.78, 5) is 36.0.